The van der Waals surface area contributed by atoms with E-state index in [1.807, 2.05) is 0 Å². The van der Waals surface area contributed by atoms with Crippen molar-refractivity contribution in [3.05, 3.63) is 23.8 Å². The molecule has 29 heavy (non-hydrogen) atoms. The predicted molar refractivity (Wildman–Crippen MR) is 105 cm³/mol. The average Bonchev–Trinajstić information content (AvgIpc) is 3.29. The van der Waals surface area contributed by atoms with Gasteiger partial charge >= 0.3 is 6.09 Å². The molecule has 2 aliphatic heterocycles. The molecule has 3 rings (SSSR count). The summed E-state index contributed by atoms with van der Waals surface area (Å²) in [6.07, 6.45) is 1.26. The van der Waals surface area contributed by atoms with Crippen LogP contribution < -0.4 is 4.74 Å². The Hall–Kier alpha value is -2.33. The van der Waals surface area contributed by atoms with E-state index in [0.29, 0.717) is 45.9 Å². The first-order valence-electron chi connectivity index (χ1n) is 9.77. The zero-order chi connectivity index (χ0) is 21.0. The Labute approximate surface area is 171 Å². The number of piperazine rings is 1. The van der Waals surface area contributed by atoms with Crippen molar-refractivity contribution in [2.45, 2.75) is 24.7 Å². The molecule has 1 aromatic carbocycles. The van der Waals surface area contributed by atoms with Crippen molar-refractivity contribution in [1.82, 2.24) is 14.1 Å². The van der Waals surface area contributed by atoms with E-state index in [9.17, 15) is 18.0 Å². The number of rotatable bonds is 5. The van der Waals surface area contributed by atoms with Crippen molar-refractivity contribution < 1.29 is 27.5 Å². The van der Waals surface area contributed by atoms with Crippen molar-refractivity contribution in [1.29, 1.82) is 0 Å². The number of hydrogen-bond donors (Lipinski definition) is 0. The summed E-state index contributed by atoms with van der Waals surface area (Å²) in [7, 11) is -2.32. The minimum absolute atomic E-state index is 0.0120. The van der Waals surface area contributed by atoms with Crippen molar-refractivity contribution in [2.24, 2.45) is 0 Å². The highest BCUT2D eigenvalue weighted by Crippen LogP contribution is 2.30. The van der Waals surface area contributed by atoms with Crippen LogP contribution in [-0.4, -0.2) is 87.5 Å². The van der Waals surface area contributed by atoms with E-state index in [-0.39, 0.29) is 28.2 Å². The highest BCUT2D eigenvalue weighted by atomic mass is 32.2. The van der Waals surface area contributed by atoms with Crippen molar-refractivity contribution in [3.63, 3.8) is 0 Å². The fourth-order valence-electron chi connectivity index (χ4n) is 3.57. The van der Waals surface area contributed by atoms with Crippen LogP contribution in [0.25, 0.3) is 0 Å². The lowest BCUT2D eigenvalue weighted by atomic mass is 10.1. The van der Waals surface area contributed by atoms with Crippen LogP contribution in [-0.2, 0) is 14.8 Å². The maximum atomic E-state index is 13.0. The molecule has 0 atom stereocenters. The fourth-order valence-corrected chi connectivity index (χ4v) is 5.27. The van der Waals surface area contributed by atoms with Crippen LogP contribution in [0.1, 0.15) is 30.1 Å². The number of nitrogens with zero attached hydrogens (tertiary/aromatic N) is 3. The Balaban J connectivity index is 1.77. The number of methoxy groups -OCH3 is 1. The van der Waals surface area contributed by atoms with Crippen LogP contribution in [0.3, 0.4) is 0 Å². The summed E-state index contributed by atoms with van der Waals surface area (Å²) in [4.78, 5) is 27.9. The van der Waals surface area contributed by atoms with Gasteiger partial charge in [0.25, 0.3) is 5.91 Å². The van der Waals surface area contributed by atoms with E-state index in [2.05, 4.69) is 0 Å². The van der Waals surface area contributed by atoms with Gasteiger partial charge < -0.3 is 19.3 Å². The zero-order valence-corrected chi connectivity index (χ0v) is 17.6. The van der Waals surface area contributed by atoms with Crippen LogP contribution in [0.2, 0.25) is 0 Å². The molecule has 2 fully saturated rings. The summed E-state index contributed by atoms with van der Waals surface area (Å²) in [6, 6.07) is 4.49. The maximum absolute atomic E-state index is 13.0. The third kappa shape index (κ3) is 4.48. The summed E-state index contributed by atoms with van der Waals surface area (Å²) in [5.41, 5.74) is 0.285. The molecule has 0 aliphatic carbocycles. The van der Waals surface area contributed by atoms with Gasteiger partial charge in [0, 0.05) is 44.8 Å². The smallest absolute Gasteiger partial charge is 0.409 e. The molecule has 0 radical (unpaired) electrons. The predicted octanol–water partition coefficient (Wildman–Crippen LogP) is 1.39. The molecule has 0 spiro atoms. The quantitative estimate of drug-likeness (QED) is 0.707. The molecule has 10 heteroatoms. The second kappa shape index (κ2) is 9.00. The second-order valence-corrected chi connectivity index (χ2v) is 8.86. The molecule has 0 N–H and O–H groups in total. The molecule has 2 aliphatic rings. The van der Waals surface area contributed by atoms with Crippen LogP contribution in [0.15, 0.2) is 23.1 Å². The third-order valence-corrected chi connectivity index (χ3v) is 7.11. The number of ether oxygens (including phenoxy) is 2. The van der Waals surface area contributed by atoms with Gasteiger partial charge in [-0.05, 0) is 38.0 Å². The fraction of sp³-hybridized carbons (Fsp3) is 0.579. The van der Waals surface area contributed by atoms with Gasteiger partial charge in [-0.1, -0.05) is 0 Å². The van der Waals surface area contributed by atoms with Gasteiger partial charge in [-0.3, -0.25) is 4.79 Å². The molecule has 0 bridgehead atoms. The van der Waals surface area contributed by atoms with Gasteiger partial charge in [-0.25, -0.2) is 13.2 Å². The van der Waals surface area contributed by atoms with Crippen LogP contribution >= 0.6 is 0 Å². The lowest BCUT2D eigenvalue weighted by Gasteiger charge is -2.34. The minimum atomic E-state index is -3.73. The lowest BCUT2D eigenvalue weighted by molar-refractivity contribution is 0.0570. The Kier molecular flexibility index (Phi) is 6.63. The first-order chi connectivity index (χ1) is 13.9. The summed E-state index contributed by atoms with van der Waals surface area (Å²) >= 11 is 0. The van der Waals surface area contributed by atoms with E-state index in [4.69, 9.17) is 9.47 Å². The van der Waals surface area contributed by atoms with Gasteiger partial charge in [-0.2, -0.15) is 4.31 Å². The summed E-state index contributed by atoms with van der Waals surface area (Å²) in [5, 5.41) is 0. The highest BCUT2D eigenvalue weighted by molar-refractivity contribution is 7.89. The van der Waals surface area contributed by atoms with Crippen LogP contribution in [0.4, 0.5) is 4.79 Å². The van der Waals surface area contributed by atoms with Crippen molar-refractivity contribution in [2.75, 3.05) is 53.0 Å². The summed E-state index contributed by atoms with van der Waals surface area (Å²) in [6.45, 7) is 4.46. The Morgan fingerprint density at radius 1 is 1.00 bits per heavy atom. The van der Waals surface area contributed by atoms with Gasteiger partial charge in [0.1, 0.15) is 10.6 Å². The largest absolute Gasteiger partial charge is 0.495 e. The summed E-state index contributed by atoms with van der Waals surface area (Å²) < 4.78 is 37.7. The normalized spacial score (nSPS) is 18.0. The number of hydrogen-bond acceptors (Lipinski definition) is 6. The van der Waals surface area contributed by atoms with Gasteiger partial charge in [-0.15, -0.1) is 0 Å². The van der Waals surface area contributed by atoms with E-state index >= 15 is 0 Å². The van der Waals surface area contributed by atoms with Crippen LogP contribution in [0, 0.1) is 0 Å². The van der Waals surface area contributed by atoms with Gasteiger partial charge in [0.15, 0.2) is 0 Å². The Morgan fingerprint density at radius 2 is 1.62 bits per heavy atom. The van der Waals surface area contributed by atoms with E-state index < -0.39 is 10.0 Å². The SMILES string of the molecule is CCOC(=O)N1CCN(C(=O)c2ccc(OC)c(S(=O)(=O)N3CCCC3)c2)CC1. The average molecular weight is 426 g/mol. The Morgan fingerprint density at radius 3 is 2.21 bits per heavy atom. The first-order valence-corrected chi connectivity index (χ1v) is 11.2. The van der Waals surface area contributed by atoms with Crippen molar-refractivity contribution in [3.8, 4) is 5.75 Å². The number of carbonyl (C=O) groups excluding carboxylic acids is 2. The molecule has 0 saturated carbocycles. The number of amides is 2. The lowest BCUT2D eigenvalue weighted by Crippen LogP contribution is -2.50. The molecular weight excluding hydrogens is 398 g/mol. The molecule has 0 unspecified atom stereocenters. The standard InChI is InChI=1S/C19H27N3O6S/c1-3-28-19(24)21-12-10-20(11-13-21)18(23)15-6-7-16(27-2)17(14-15)29(25,26)22-8-4-5-9-22/h6-7,14H,3-5,8-13H2,1-2H3. The van der Waals surface area contributed by atoms with Gasteiger partial charge in [0.05, 0.1) is 13.7 Å². The van der Waals surface area contributed by atoms with E-state index in [1.54, 1.807) is 22.8 Å². The van der Waals surface area contributed by atoms with Gasteiger partial charge in [0.2, 0.25) is 10.0 Å². The second-order valence-electron chi connectivity index (χ2n) is 6.95. The number of sulfonamides is 1. The molecule has 2 heterocycles. The molecule has 9 nitrogen and oxygen atoms in total. The zero-order valence-electron chi connectivity index (χ0n) is 16.8. The molecule has 1 aromatic rings. The number of carbonyl (C=O) groups is 2. The Bertz CT molecular complexity index is 859. The topological polar surface area (TPSA) is 96.5 Å². The van der Waals surface area contributed by atoms with E-state index in [0.717, 1.165) is 12.8 Å². The van der Waals surface area contributed by atoms with Crippen LogP contribution in [0.5, 0.6) is 5.75 Å². The van der Waals surface area contributed by atoms with Crippen molar-refractivity contribution >= 4 is 22.0 Å². The summed E-state index contributed by atoms with van der Waals surface area (Å²) in [5.74, 6) is -0.0467. The molecular formula is C19H27N3O6S. The highest BCUT2D eigenvalue weighted by Gasteiger charge is 2.32. The third-order valence-electron chi connectivity index (χ3n) is 5.19. The number of benzene rings is 1. The maximum Gasteiger partial charge on any atom is 0.409 e. The minimum Gasteiger partial charge on any atom is -0.495 e. The monoisotopic (exact) mass is 425 g/mol. The molecule has 2 saturated heterocycles. The molecule has 2 amide bonds. The first kappa shape index (κ1) is 21.4. The molecule has 0 aromatic heterocycles. The molecule has 160 valence electrons. The van der Waals surface area contributed by atoms with E-state index in [1.165, 1.54) is 23.5 Å².